The number of sulfone groups is 1. The number of hydrogen-bond acceptors (Lipinski definition) is 6. The molecule has 15 heavy (non-hydrogen) atoms. The van der Waals surface area contributed by atoms with Gasteiger partial charge >= 0.3 is 0 Å². The van der Waals surface area contributed by atoms with Gasteiger partial charge in [-0.15, -0.1) is 0 Å². The Morgan fingerprint density at radius 2 is 1.93 bits per heavy atom. The van der Waals surface area contributed by atoms with Crippen LogP contribution < -0.4 is 11.3 Å². The lowest BCUT2D eigenvalue weighted by Gasteiger charge is -2.21. The highest BCUT2D eigenvalue weighted by Crippen LogP contribution is 2.19. The first-order valence-corrected chi connectivity index (χ1v) is 6.32. The van der Waals surface area contributed by atoms with Crippen LogP contribution in [0.2, 0.25) is 0 Å². The quantitative estimate of drug-likeness (QED) is 0.530. The molecule has 0 amide bonds. The molecule has 0 bridgehead atoms. The first-order valence-electron chi connectivity index (χ1n) is 4.36. The molecule has 2 atom stereocenters. The van der Waals surface area contributed by atoms with E-state index in [1.807, 2.05) is 0 Å². The maximum Gasteiger partial charge on any atom is 0.151 e. The number of hydrazine groups is 1. The van der Waals surface area contributed by atoms with Gasteiger partial charge in [-0.05, 0) is 6.92 Å². The molecule has 6 nitrogen and oxygen atoms in total. The molecule has 1 rings (SSSR count). The summed E-state index contributed by atoms with van der Waals surface area (Å²) in [6, 6.07) is -0.499. The standard InChI is InChI=1S/C8H14N4O2S/c1-6(15(2,13)14)8(12-9)7-3-10-5-11-4-7/h3-6,8,12H,9H2,1-2H3. The smallest absolute Gasteiger partial charge is 0.151 e. The van der Waals surface area contributed by atoms with E-state index in [2.05, 4.69) is 15.4 Å². The zero-order valence-electron chi connectivity index (χ0n) is 8.58. The molecule has 0 radical (unpaired) electrons. The number of nitrogens with one attached hydrogen (secondary N) is 1. The second-order valence-electron chi connectivity index (χ2n) is 3.35. The minimum Gasteiger partial charge on any atom is -0.271 e. The van der Waals surface area contributed by atoms with Crippen molar-refractivity contribution in [3.63, 3.8) is 0 Å². The minimum absolute atomic E-state index is 0.499. The summed E-state index contributed by atoms with van der Waals surface area (Å²) in [5, 5.41) is -0.631. The summed E-state index contributed by atoms with van der Waals surface area (Å²) in [5.41, 5.74) is 3.12. The zero-order valence-corrected chi connectivity index (χ0v) is 9.40. The van der Waals surface area contributed by atoms with E-state index in [4.69, 9.17) is 5.84 Å². The third kappa shape index (κ3) is 2.95. The molecule has 0 spiro atoms. The van der Waals surface area contributed by atoms with E-state index >= 15 is 0 Å². The SMILES string of the molecule is CC(C(NN)c1cncnc1)S(C)(=O)=O. The molecule has 1 aromatic rings. The fourth-order valence-electron chi connectivity index (χ4n) is 1.22. The Hall–Kier alpha value is -1.05. The molecule has 2 unspecified atom stereocenters. The molecule has 84 valence electrons. The summed E-state index contributed by atoms with van der Waals surface area (Å²) in [4.78, 5) is 7.63. The summed E-state index contributed by atoms with van der Waals surface area (Å²) in [7, 11) is -3.16. The van der Waals surface area contributed by atoms with Gasteiger partial charge in [-0.1, -0.05) is 0 Å². The lowest BCUT2D eigenvalue weighted by molar-refractivity contribution is 0.511. The molecule has 0 aliphatic rings. The van der Waals surface area contributed by atoms with E-state index in [9.17, 15) is 8.42 Å². The number of nitrogens with two attached hydrogens (primary N) is 1. The van der Waals surface area contributed by atoms with Crippen LogP contribution in [0.3, 0.4) is 0 Å². The molecule has 1 aromatic heterocycles. The zero-order chi connectivity index (χ0) is 11.5. The van der Waals surface area contributed by atoms with Crippen molar-refractivity contribution >= 4 is 9.84 Å². The molecule has 0 aromatic carbocycles. The van der Waals surface area contributed by atoms with Gasteiger partial charge in [0.1, 0.15) is 6.33 Å². The average Bonchev–Trinajstić information content (AvgIpc) is 2.19. The van der Waals surface area contributed by atoms with Gasteiger partial charge in [-0.2, -0.15) is 0 Å². The van der Waals surface area contributed by atoms with Crippen LogP contribution >= 0.6 is 0 Å². The van der Waals surface area contributed by atoms with E-state index in [0.29, 0.717) is 5.56 Å². The van der Waals surface area contributed by atoms with Crippen LogP contribution in [0.15, 0.2) is 18.7 Å². The molecule has 0 fully saturated rings. The molecule has 0 saturated heterocycles. The molecule has 0 saturated carbocycles. The summed E-state index contributed by atoms with van der Waals surface area (Å²) in [6.45, 7) is 1.59. The van der Waals surface area contributed by atoms with Gasteiger partial charge in [0.2, 0.25) is 0 Å². The van der Waals surface area contributed by atoms with Crippen LogP contribution in [0, 0.1) is 0 Å². The Morgan fingerprint density at radius 3 is 2.33 bits per heavy atom. The van der Waals surface area contributed by atoms with Crippen LogP contribution in [-0.2, 0) is 9.84 Å². The summed E-state index contributed by atoms with van der Waals surface area (Å²) >= 11 is 0. The second kappa shape index (κ2) is 4.65. The van der Waals surface area contributed by atoms with Crippen molar-refractivity contribution in [2.24, 2.45) is 5.84 Å². The molecular formula is C8H14N4O2S. The Morgan fingerprint density at radius 1 is 1.40 bits per heavy atom. The van der Waals surface area contributed by atoms with Crippen molar-refractivity contribution in [1.82, 2.24) is 15.4 Å². The highest BCUT2D eigenvalue weighted by molar-refractivity contribution is 7.91. The molecule has 1 heterocycles. The van der Waals surface area contributed by atoms with E-state index in [0.717, 1.165) is 0 Å². The molecule has 0 aliphatic heterocycles. The van der Waals surface area contributed by atoms with E-state index in [1.54, 1.807) is 19.3 Å². The van der Waals surface area contributed by atoms with Gasteiger partial charge in [0.05, 0.1) is 11.3 Å². The highest BCUT2D eigenvalue weighted by Gasteiger charge is 2.26. The lowest BCUT2D eigenvalue weighted by atomic mass is 10.1. The van der Waals surface area contributed by atoms with Crippen molar-refractivity contribution in [2.45, 2.75) is 18.2 Å². The van der Waals surface area contributed by atoms with Crippen molar-refractivity contribution in [2.75, 3.05) is 6.26 Å². The van der Waals surface area contributed by atoms with Crippen LogP contribution in [0.1, 0.15) is 18.5 Å². The number of nitrogens with zero attached hydrogens (tertiary/aromatic N) is 2. The van der Waals surface area contributed by atoms with Crippen LogP contribution in [0.4, 0.5) is 0 Å². The fourth-order valence-corrected chi connectivity index (χ4v) is 1.95. The van der Waals surface area contributed by atoms with Crippen molar-refractivity contribution in [1.29, 1.82) is 0 Å². The average molecular weight is 230 g/mol. The third-order valence-corrected chi connectivity index (χ3v) is 3.89. The summed E-state index contributed by atoms with van der Waals surface area (Å²) in [6.07, 6.45) is 5.63. The Bertz CT molecular complexity index is 406. The first kappa shape index (κ1) is 12.0. The Kier molecular flexibility index (Phi) is 3.72. The van der Waals surface area contributed by atoms with Gasteiger partial charge in [0.15, 0.2) is 9.84 Å². The second-order valence-corrected chi connectivity index (χ2v) is 5.75. The Balaban J connectivity index is 3.01. The fraction of sp³-hybridized carbons (Fsp3) is 0.500. The van der Waals surface area contributed by atoms with Crippen LogP contribution in [0.25, 0.3) is 0 Å². The third-order valence-electron chi connectivity index (χ3n) is 2.26. The van der Waals surface area contributed by atoms with Crippen molar-refractivity contribution in [3.8, 4) is 0 Å². The van der Waals surface area contributed by atoms with Gasteiger partial charge in [-0.25, -0.2) is 18.4 Å². The predicted octanol–water partition coefficient (Wildman–Crippen LogP) is -0.586. The monoisotopic (exact) mass is 230 g/mol. The van der Waals surface area contributed by atoms with Gasteiger partial charge in [0, 0.05) is 24.2 Å². The molecule has 7 heteroatoms. The lowest BCUT2D eigenvalue weighted by Crippen LogP contribution is -2.38. The molecular weight excluding hydrogens is 216 g/mol. The Labute approximate surface area is 88.8 Å². The predicted molar refractivity (Wildman–Crippen MR) is 56.4 cm³/mol. The topological polar surface area (TPSA) is 98.0 Å². The molecule has 0 aliphatic carbocycles. The van der Waals surface area contributed by atoms with E-state index < -0.39 is 21.1 Å². The van der Waals surface area contributed by atoms with Crippen LogP contribution in [-0.4, -0.2) is 29.9 Å². The maximum absolute atomic E-state index is 11.4. The number of aromatic nitrogens is 2. The first-order chi connectivity index (χ1) is 6.96. The number of hydrogen-bond donors (Lipinski definition) is 2. The summed E-state index contributed by atoms with van der Waals surface area (Å²) < 4.78 is 22.7. The highest BCUT2D eigenvalue weighted by atomic mass is 32.2. The molecule has 3 N–H and O–H groups in total. The minimum atomic E-state index is -3.16. The van der Waals surface area contributed by atoms with Gasteiger partial charge in [-0.3, -0.25) is 11.3 Å². The normalized spacial score (nSPS) is 15.9. The van der Waals surface area contributed by atoms with Gasteiger partial charge in [0.25, 0.3) is 0 Å². The van der Waals surface area contributed by atoms with E-state index in [-0.39, 0.29) is 0 Å². The van der Waals surface area contributed by atoms with Crippen molar-refractivity contribution < 1.29 is 8.42 Å². The maximum atomic E-state index is 11.4. The van der Waals surface area contributed by atoms with Crippen molar-refractivity contribution in [3.05, 3.63) is 24.3 Å². The summed E-state index contributed by atoms with van der Waals surface area (Å²) in [5.74, 6) is 5.33. The van der Waals surface area contributed by atoms with Gasteiger partial charge < -0.3 is 0 Å². The number of rotatable bonds is 4. The van der Waals surface area contributed by atoms with Crippen LogP contribution in [0.5, 0.6) is 0 Å². The van der Waals surface area contributed by atoms with E-state index in [1.165, 1.54) is 12.6 Å². The largest absolute Gasteiger partial charge is 0.271 e.